The van der Waals surface area contributed by atoms with Gasteiger partial charge in [-0.05, 0) is 59.5 Å². The average Bonchev–Trinajstić information content (AvgIpc) is 3.36. The molecule has 0 saturated carbocycles. The van der Waals surface area contributed by atoms with E-state index in [-0.39, 0.29) is 5.91 Å². The van der Waals surface area contributed by atoms with Gasteiger partial charge in [-0.25, -0.2) is 0 Å². The number of fused-ring (bicyclic) bond motifs is 2. The number of nitrogens with one attached hydrogen (secondary N) is 2. The lowest BCUT2D eigenvalue weighted by molar-refractivity contribution is 0.102. The molecule has 0 radical (unpaired) electrons. The lowest BCUT2D eigenvalue weighted by atomic mass is 10.1. The summed E-state index contributed by atoms with van der Waals surface area (Å²) < 4.78 is 1.58. The van der Waals surface area contributed by atoms with E-state index in [4.69, 9.17) is 0 Å². The van der Waals surface area contributed by atoms with Crippen molar-refractivity contribution in [2.45, 2.75) is 19.3 Å². The van der Waals surface area contributed by atoms with Crippen LogP contribution in [0.2, 0.25) is 0 Å². The number of benzene rings is 1. The highest BCUT2D eigenvalue weighted by Gasteiger charge is 2.28. The minimum Gasteiger partial charge on any atom is -0.361 e. The smallest absolute Gasteiger partial charge is 0.259 e. The molecule has 0 fully saturated rings. The number of rotatable bonds is 3. The molecule has 25 heavy (non-hydrogen) atoms. The topological polar surface area (TPSA) is 88.5 Å². The second kappa shape index (κ2) is 5.52. The van der Waals surface area contributed by atoms with Gasteiger partial charge in [-0.15, -0.1) is 16.4 Å². The number of carbonyl (C=O) groups excluding carboxylic acids is 1. The fourth-order valence-electron chi connectivity index (χ4n) is 3.36. The number of anilines is 1. The summed E-state index contributed by atoms with van der Waals surface area (Å²) in [4.78, 5) is 17.4. The number of aromatic nitrogens is 5. The van der Waals surface area contributed by atoms with E-state index in [2.05, 4.69) is 25.8 Å². The quantitative estimate of drug-likeness (QED) is 0.594. The highest BCUT2D eigenvalue weighted by Crippen LogP contribution is 2.37. The Labute approximate surface area is 146 Å². The highest BCUT2D eigenvalue weighted by atomic mass is 32.1. The highest BCUT2D eigenvalue weighted by molar-refractivity contribution is 7.15. The van der Waals surface area contributed by atoms with Crippen molar-refractivity contribution in [1.29, 1.82) is 0 Å². The Morgan fingerprint density at radius 3 is 3.12 bits per heavy atom. The van der Waals surface area contributed by atoms with Gasteiger partial charge in [-0.2, -0.15) is 4.68 Å². The number of aromatic amines is 1. The maximum absolute atomic E-state index is 13.0. The summed E-state index contributed by atoms with van der Waals surface area (Å²) in [6.07, 6.45) is 6.44. The number of hydrogen-bond donors (Lipinski definition) is 2. The second-order valence-corrected chi connectivity index (χ2v) is 7.11. The summed E-state index contributed by atoms with van der Waals surface area (Å²) >= 11 is 1.60. The Bertz CT molecular complexity index is 1080. The molecule has 1 aliphatic rings. The Hall–Kier alpha value is -3.00. The molecule has 0 atom stereocenters. The standard InChI is InChI=1S/C17H14N6OS/c24-16(20-11-4-5-13-10(8-11)6-7-18-13)15-12-2-1-3-14(12)25-17(15)23-9-19-21-22-23/h4-9,18H,1-3H2,(H,20,24). The molecule has 0 bridgehead atoms. The molecule has 2 N–H and O–H groups in total. The zero-order valence-electron chi connectivity index (χ0n) is 13.2. The van der Waals surface area contributed by atoms with E-state index in [1.165, 1.54) is 11.2 Å². The van der Waals surface area contributed by atoms with Gasteiger partial charge in [0, 0.05) is 27.7 Å². The van der Waals surface area contributed by atoms with E-state index >= 15 is 0 Å². The van der Waals surface area contributed by atoms with E-state index in [1.54, 1.807) is 16.0 Å². The summed E-state index contributed by atoms with van der Waals surface area (Å²) in [5.74, 6) is -0.111. The van der Waals surface area contributed by atoms with Crippen LogP contribution in [0.4, 0.5) is 5.69 Å². The van der Waals surface area contributed by atoms with Crippen molar-refractivity contribution in [3.8, 4) is 5.00 Å². The van der Waals surface area contributed by atoms with Crippen molar-refractivity contribution < 1.29 is 4.79 Å². The van der Waals surface area contributed by atoms with Crippen molar-refractivity contribution in [2.75, 3.05) is 5.32 Å². The number of amides is 1. The third kappa shape index (κ3) is 2.33. The lowest BCUT2D eigenvalue weighted by Gasteiger charge is -2.08. The Kier molecular flexibility index (Phi) is 3.17. The first-order chi connectivity index (χ1) is 12.3. The Morgan fingerprint density at radius 1 is 1.28 bits per heavy atom. The molecule has 124 valence electrons. The fraction of sp³-hybridized carbons (Fsp3) is 0.176. The van der Waals surface area contributed by atoms with Crippen LogP contribution < -0.4 is 5.32 Å². The van der Waals surface area contributed by atoms with Crippen molar-refractivity contribution >= 4 is 33.8 Å². The van der Waals surface area contributed by atoms with Gasteiger partial charge >= 0.3 is 0 Å². The zero-order valence-corrected chi connectivity index (χ0v) is 14.0. The molecule has 1 amide bonds. The monoisotopic (exact) mass is 350 g/mol. The predicted molar refractivity (Wildman–Crippen MR) is 95.3 cm³/mol. The van der Waals surface area contributed by atoms with Gasteiger partial charge in [-0.1, -0.05) is 0 Å². The van der Waals surface area contributed by atoms with E-state index in [0.29, 0.717) is 5.56 Å². The van der Waals surface area contributed by atoms with E-state index in [9.17, 15) is 4.79 Å². The molecule has 3 heterocycles. The molecule has 0 unspecified atom stereocenters. The van der Waals surface area contributed by atoms with E-state index in [1.807, 2.05) is 30.5 Å². The van der Waals surface area contributed by atoms with Crippen molar-refractivity contribution in [2.24, 2.45) is 0 Å². The molecule has 1 aromatic carbocycles. The zero-order chi connectivity index (χ0) is 16.8. The van der Waals surface area contributed by atoms with Gasteiger partial charge in [0.15, 0.2) is 0 Å². The molecule has 4 aromatic rings. The Balaban J connectivity index is 1.54. The molecule has 3 aromatic heterocycles. The van der Waals surface area contributed by atoms with Crippen LogP contribution >= 0.6 is 11.3 Å². The minimum absolute atomic E-state index is 0.111. The van der Waals surface area contributed by atoms with Crippen molar-refractivity contribution in [3.63, 3.8) is 0 Å². The molecule has 8 heteroatoms. The van der Waals surface area contributed by atoms with Gasteiger partial charge in [0.05, 0.1) is 5.56 Å². The Morgan fingerprint density at radius 2 is 2.24 bits per heavy atom. The largest absolute Gasteiger partial charge is 0.361 e. The van der Waals surface area contributed by atoms with Crippen LogP contribution in [-0.2, 0) is 12.8 Å². The number of hydrogen-bond acceptors (Lipinski definition) is 5. The number of tetrazole rings is 1. The van der Waals surface area contributed by atoms with Crippen LogP contribution in [0.3, 0.4) is 0 Å². The van der Waals surface area contributed by atoms with E-state index in [0.717, 1.165) is 46.4 Å². The predicted octanol–water partition coefficient (Wildman–Crippen LogP) is 2.95. The fourth-order valence-corrected chi connectivity index (χ4v) is 4.67. The summed E-state index contributed by atoms with van der Waals surface area (Å²) in [5, 5.41) is 16.2. The van der Waals surface area contributed by atoms with Gasteiger partial charge in [0.1, 0.15) is 11.3 Å². The van der Waals surface area contributed by atoms with Crippen molar-refractivity contribution in [1.82, 2.24) is 25.2 Å². The van der Waals surface area contributed by atoms with Gasteiger partial charge in [0.25, 0.3) is 5.91 Å². The molecule has 0 spiro atoms. The first-order valence-corrected chi connectivity index (χ1v) is 8.87. The van der Waals surface area contributed by atoms with Crippen LogP contribution in [0.5, 0.6) is 0 Å². The van der Waals surface area contributed by atoms with Crippen LogP contribution in [-0.4, -0.2) is 31.1 Å². The van der Waals surface area contributed by atoms with Crippen LogP contribution in [0.15, 0.2) is 36.8 Å². The summed E-state index contributed by atoms with van der Waals surface area (Å²) in [7, 11) is 0. The van der Waals surface area contributed by atoms with Crippen LogP contribution in [0.25, 0.3) is 15.9 Å². The third-order valence-corrected chi connectivity index (χ3v) is 5.78. The van der Waals surface area contributed by atoms with Crippen LogP contribution in [0, 0.1) is 0 Å². The molecular weight excluding hydrogens is 336 g/mol. The molecule has 7 nitrogen and oxygen atoms in total. The van der Waals surface area contributed by atoms with Gasteiger partial charge < -0.3 is 10.3 Å². The summed E-state index contributed by atoms with van der Waals surface area (Å²) in [5.41, 5.74) is 3.65. The number of H-pyrrole nitrogens is 1. The first-order valence-electron chi connectivity index (χ1n) is 8.06. The number of nitrogens with zero attached hydrogens (tertiary/aromatic N) is 4. The average molecular weight is 350 g/mol. The minimum atomic E-state index is -0.111. The maximum Gasteiger partial charge on any atom is 0.259 e. The van der Waals surface area contributed by atoms with Gasteiger partial charge in [-0.3, -0.25) is 4.79 Å². The molecular formula is C17H14N6OS. The maximum atomic E-state index is 13.0. The first kappa shape index (κ1) is 14.4. The van der Waals surface area contributed by atoms with Gasteiger partial charge in [0.2, 0.25) is 0 Å². The third-order valence-electron chi connectivity index (χ3n) is 4.50. The molecule has 5 rings (SSSR count). The number of thiophene rings is 1. The molecule has 1 aliphatic carbocycles. The SMILES string of the molecule is O=C(Nc1ccc2[nH]ccc2c1)c1c(-n2cnnn2)sc2c1CCC2. The van der Waals surface area contributed by atoms with Crippen LogP contribution in [0.1, 0.15) is 27.2 Å². The molecule has 0 aliphatic heterocycles. The normalized spacial score (nSPS) is 13.3. The van der Waals surface area contributed by atoms with E-state index < -0.39 is 0 Å². The second-order valence-electron chi connectivity index (χ2n) is 6.03. The summed E-state index contributed by atoms with van der Waals surface area (Å²) in [6.45, 7) is 0. The number of carbonyl (C=O) groups is 1. The summed E-state index contributed by atoms with van der Waals surface area (Å²) in [6, 6.07) is 7.82. The molecule has 0 saturated heterocycles. The van der Waals surface area contributed by atoms with Crippen molar-refractivity contribution in [3.05, 3.63) is 52.8 Å². The lowest BCUT2D eigenvalue weighted by Crippen LogP contribution is -2.15. The number of aryl methyl sites for hydroxylation is 1.